The van der Waals surface area contributed by atoms with Crippen LogP contribution in [0.4, 0.5) is 0 Å². The van der Waals surface area contributed by atoms with E-state index in [4.69, 9.17) is 9.84 Å². The van der Waals surface area contributed by atoms with Crippen LogP contribution in [-0.4, -0.2) is 58.6 Å². The van der Waals surface area contributed by atoms with Crippen LogP contribution < -0.4 is 0 Å². The van der Waals surface area contributed by atoms with Gasteiger partial charge in [0.1, 0.15) is 6.04 Å². The van der Waals surface area contributed by atoms with E-state index in [1.165, 1.54) is 4.90 Å². The van der Waals surface area contributed by atoms with Crippen molar-refractivity contribution >= 4 is 29.6 Å². The summed E-state index contributed by atoms with van der Waals surface area (Å²) in [5.41, 5.74) is 0. The summed E-state index contributed by atoms with van der Waals surface area (Å²) in [7, 11) is 0. The lowest BCUT2D eigenvalue weighted by Crippen LogP contribution is -2.51. The van der Waals surface area contributed by atoms with Crippen LogP contribution in [0.5, 0.6) is 0 Å². The smallest absolute Gasteiger partial charge is 0.329 e. The molecule has 0 aliphatic carbocycles. The molecule has 1 aliphatic heterocycles. The molecule has 1 heterocycles. The summed E-state index contributed by atoms with van der Waals surface area (Å²) in [5.74, 6) is -0.373. The van der Waals surface area contributed by atoms with E-state index in [0.717, 1.165) is 5.75 Å². The van der Waals surface area contributed by atoms with Gasteiger partial charge in [-0.2, -0.15) is 11.8 Å². The Bertz CT molecular complexity index is 374. The zero-order valence-corrected chi connectivity index (χ0v) is 12.6. The van der Waals surface area contributed by atoms with E-state index < -0.39 is 12.0 Å². The maximum absolute atomic E-state index is 12.2. The summed E-state index contributed by atoms with van der Waals surface area (Å²) >= 11 is 1.62. The van der Waals surface area contributed by atoms with E-state index in [9.17, 15) is 14.4 Å². The second-order valence-corrected chi connectivity index (χ2v) is 5.99. The van der Waals surface area contributed by atoms with Crippen molar-refractivity contribution in [3.8, 4) is 0 Å². The number of hydrogen-bond donors (Lipinski definition) is 1. The van der Waals surface area contributed by atoms with Gasteiger partial charge in [0, 0.05) is 30.9 Å². The van der Waals surface area contributed by atoms with Crippen molar-refractivity contribution in [3.63, 3.8) is 0 Å². The van der Waals surface area contributed by atoms with Crippen LogP contribution >= 0.6 is 11.8 Å². The molecule has 1 amide bonds. The number of amides is 1. The Balaban J connectivity index is 2.62. The van der Waals surface area contributed by atoms with Crippen molar-refractivity contribution in [2.75, 3.05) is 24.7 Å². The zero-order valence-electron chi connectivity index (χ0n) is 11.8. The molecular weight excluding hydrogens is 282 g/mol. The third-order valence-electron chi connectivity index (χ3n) is 3.05. The van der Waals surface area contributed by atoms with Gasteiger partial charge in [-0.15, -0.1) is 0 Å². The fraction of sp³-hybridized carbons (Fsp3) is 0.769. The molecular formula is C13H21NO5S. The SMILES string of the molecule is CCOC(=O)C1CSCCN1C(=O)CC(C)CC(=O)O. The van der Waals surface area contributed by atoms with E-state index in [0.29, 0.717) is 12.3 Å². The molecule has 2 atom stereocenters. The topological polar surface area (TPSA) is 83.9 Å². The predicted molar refractivity (Wildman–Crippen MR) is 75.5 cm³/mol. The van der Waals surface area contributed by atoms with Gasteiger partial charge < -0.3 is 14.7 Å². The van der Waals surface area contributed by atoms with E-state index in [-0.39, 0.29) is 37.2 Å². The average molecular weight is 303 g/mol. The first-order valence-electron chi connectivity index (χ1n) is 6.71. The summed E-state index contributed by atoms with van der Waals surface area (Å²) in [4.78, 5) is 36.2. The van der Waals surface area contributed by atoms with Crippen LogP contribution in [0.2, 0.25) is 0 Å². The third kappa shape index (κ3) is 5.03. The Morgan fingerprint density at radius 2 is 2.10 bits per heavy atom. The summed E-state index contributed by atoms with van der Waals surface area (Å²) in [5, 5.41) is 8.71. The van der Waals surface area contributed by atoms with Gasteiger partial charge in [-0.25, -0.2) is 4.79 Å². The molecule has 1 saturated heterocycles. The van der Waals surface area contributed by atoms with Crippen molar-refractivity contribution in [1.29, 1.82) is 0 Å². The second kappa shape index (κ2) is 8.14. The number of aliphatic carboxylic acids is 1. The average Bonchev–Trinajstić information content (AvgIpc) is 2.37. The van der Waals surface area contributed by atoms with Crippen LogP contribution in [0, 0.1) is 5.92 Å². The summed E-state index contributed by atoms with van der Waals surface area (Å²) in [6.07, 6.45) is 0.102. The van der Waals surface area contributed by atoms with Crippen LogP contribution in [0.15, 0.2) is 0 Å². The van der Waals surface area contributed by atoms with Crippen molar-refractivity contribution in [3.05, 3.63) is 0 Å². The molecule has 1 fully saturated rings. The second-order valence-electron chi connectivity index (χ2n) is 4.84. The number of carboxylic acids is 1. The van der Waals surface area contributed by atoms with Gasteiger partial charge in [-0.3, -0.25) is 9.59 Å². The predicted octanol–water partition coefficient (Wildman–Crippen LogP) is 0.994. The Kier molecular flexibility index (Phi) is 6.84. The van der Waals surface area contributed by atoms with Gasteiger partial charge in [-0.05, 0) is 12.8 Å². The van der Waals surface area contributed by atoms with Crippen molar-refractivity contribution < 1.29 is 24.2 Å². The first-order valence-corrected chi connectivity index (χ1v) is 7.86. The lowest BCUT2D eigenvalue weighted by Gasteiger charge is -2.34. The van der Waals surface area contributed by atoms with E-state index in [1.807, 2.05) is 0 Å². The maximum Gasteiger partial charge on any atom is 0.329 e. The first-order chi connectivity index (χ1) is 9.45. The molecule has 7 heteroatoms. The molecule has 114 valence electrons. The standard InChI is InChI=1S/C13H21NO5S/c1-3-19-13(18)10-8-20-5-4-14(10)11(15)6-9(2)7-12(16)17/h9-10H,3-8H2,1-2H3,(H,16,17). The molecule has 0 aromatic heterocycles. The van der Waals surface area contributed by atoms with Gasteiger partial charge in [0.25, 0.3) is 0 Å². The highest BCUT2D eigenvalue weighted by Crippen LogP contribution is 2.20. The molecule has 1 N–H and O–H groups in total. The normalized spacial score (nSPS) is 20.3. The molecule has 1 aliphatic rings. The Labute approximate surface area is 122 Å². The minimum atomic E-state index is -0.915. The minimum absolute atomic E-state index is 0.0433. The first kappa shape index (κ1) is 16.8. The molecule has 0 spiro atoms. The molecule has 0 bridgehead atoms. The summed E-state index contributed by atoms with van der Waals surface area (Å²) in [6, 6.07) is -0.543. The van der Waals surface area contributed by atoms with Crippen molar-refractivity contribution in [2.24, 2.45) is 5.92 Å². The summed E-state index contributed by atoms with van der Waals surface area (Å²) in [6.45, 7) is 4.25. The number of rotatable bonds is 6. The van der Waals surface area contributed by atoms with E-state index >= 15 is 0 Å². The summed E-state index contributed by atoms with van der Waals surface area (Å²) < 4.78 is 4.99. The highest BCUT2D eigenvalue weighted by Gasteiger charge is 2.33. The fourth-order valence-corrected chi connectivity index (χ4v) is 3.15. The number of carbonyl (C=O) groups is 3. The number of carboxylic acid groups (broad SMARTS) is 1. The van der Waals surface area contributed by atoms with Crippen LogP contribution in [0.25, 0.3) is 0 Å². The largest absolute Gasteiger partial charge is 0.481 e. The fourth-order valence-electron chi connectivity index (χ4n) is 2.12. The lowest BCUT2D eigenvalue weighted by molar-refractivity contribution is -0.154. The van der Waals surface area contributed by atoms with Gasteiger partial charge in [0.2, 0.25) is 5.91 Å². The molecule has 0 aromatic rings. The number of hydrogen-bond acceptors (Lipinski definition) is 5. The van der Waals surface area contributed by atoms with Gasteiger partial charge in [0.15, 0.2) is 0 Å². The number of carbonyl (C=O) groups excluding carboxylic acids is 2. The van der Waals surface area contributed by atoms with E-state index in [1.54, 1.807) is 25.6 Å². The zero-order chi connectivity index (χ0) is 15.1. The highest BCUT2D eigenvalue weighted by molar-refractivity contribution is 7.99. The molecule has 0 radical (unpaired) electrons. The Morgan fingerprint density at radius 1 is 1.40 bits per heavy atom. The van der Waals surface area contributed by atoms with Crippen LogP contribution in [-0.2, 0) is 19.1 Å². The number of ether oxygens (including phenoxy) is 1. The molecule has 20 heavy (non-hydrogen) atoms. The van der Waals surface area contributed by atoms with Crippen molar-refractivity contribution in [2.45, 2.75) is 32.7 Å². The Hall–Kier alpha value is -1.24. The van der Waals surface area contributed by atoms with E-state index in [2.05, 4.69) is 0 Å². The third-order valence-corrected chi connectivity index (χ3v) is 4.08. The molecule has 1 rings (SSSR count). The van der Waals surface area contributed by atoms with Crippen LogP contribution in [0.1, 0.15) is 26.7 Å². The maximum atomic E-state index is 12.2. The highest BCUT2D eigenvalue weighted by atomic mass is 32.2. The number of esters is 1. The van der Waals surface area contributed by atoms with Gasteiger partial charge in [0.05, 0.1) is 6.61 Å². The van der Waals surface area contributed by atoms with Gasteiger partial charge in [-0.1, -0.05) is 6.92 Å². The minimum Gasteiger partial charge on any atom is -0.481 e. The monoisotopic (exact) mass is 303 g/mol. The molecule has 6 nitrogen and oxygen atoms in total. The Morgan fingerprint density at radius 3 is 2.70 bits per heavy atom. The van der Waals surface area contributed by atoms with Crippen molar-refractivity contribution in [1.82, 2.24) is 4.90 Å². The lowest BCUT2D eigenvalue weighted by atomic mass is 10.0. The number of thioether (sulfide) groups is 1. The quantitative estimate of drug-likeness (QED) is 0.737. The number of nitrogens with zero attached hydrogens (tertiary/aromatic N) is 1. The molecule has 2 unspecified atom stereocenters. The van der Waals surface area contributed by atoms with Crippen LogP contribution in [0.3, 0.4) is 0 Å². The molecule has 0 aromatic carbocycles. The van der Waals surface area contributed by atoms with Gasteiger partial charge >= 0.3 is 11.9 Å². The molecule has 0 saturated carbocycles.